The van der Waals surface area contributed by atoms with Gasteiger partial charge in [0.15, 0.2) is 0 Å². The molecule has 2 N–H and O–H groups in total. The van der Waals surface area contributed by atoms with E-state index in [1.807, 2.05) is 19.2 Å². The highest BCUT2D eigenvalue weighted by atomic mass is 15.2. The Morgan fingerprint density at radius 3 is 2.39 bits per heavy atom. The Labute approximate surface area is 108 Å². The zero-order valence-corrected chi connectivity index (χ0v) is 11.1. The lowest BCUT2D eigenvalue weighted by Crippen LogP contribution is -2.12. The summed E-state index contributed by atoms with van der Waals surface area (Å²) in [6.45, 7) is 4.75. The summed E-state index contributed by atoms with van der Waals surface area (Å²) in [5.74, 6) is 0.919. The van der Waals surface area contributed by atoms with Crippen molar-refractivity contribution in [2.75, 3.05) is 11.9 Å². The first-order valence-electron chi connectivity index (χ1n) is 6.07. The molecule has 0 radical (unpaired) electrons. The molecule has 0 unspecified atom stereocenters. The van der Waals surface area contributed by atoms with Crippen molar-refractivity contribution in [2.45, 2.75) is 20.4 Å². The van der Waals surface area contributed by atoms with Gasteiger partial charge in [-0.2, -0.15) is 0 Å². The van der Waals surface area contributed by atoms with E-state index in [1.54, 1.807) is 6.20 Å². The van der Waals surface area contributed by atoms with Crippen molar-refractivity contribution in [2.24, 2.45) is 5.73 Å². The lowest BCUT2D eigenvalue weighted by atomic mass is 10.1. The smallest absolute Gasteiger partial charge is 0.132 e. The Morgan fingerprint density at radius 2 is 1.78 bits per heavy atom. The molecule has 2 rings (SSSR count). The summed E-state index contributed by atoms with van der Waals surface area (Å²) in [4.78, 5) is 6.48. The first kappa shape index (κ1) is 12.6. The van der Waals surface area contributed by atoms with Crippen LogP contribution in [0.1, 0.15) is 16.7 Å². The van der Waals surface area contributed by atoms with Gasteiger partial charge in [0.05, 0.1) is 0 Å². The van der Waals surface area contributed by atoms with Crippen LogP contribution >= 0.6 is 0 Å². The van der Waals surface area contributed by atoms with Gasteiger partial charge in [-0.05, 0) is 54.8 Å². The topological polar surface area (TPSA) is 42.1 Å². The van der Waals surface area contributed by atoms with E-state index in [0.717, 1.165) is 17.1 Å². The highest BCUT2D eigenvalue weighted by Crippen LogP contribution is 2.24. The van der Waals surface area contributed by atoms with Crippen LogP contribution in [0.25, 0.3) is 0 Å². The maximum atomic E-state index is 5.66. The predicted octanol–water partition coefficient (Wildman–Crippen LogP) is 2.93. The lowest BCUT2D eigenvalue weighted by Gasteiger charge is -2.20. The van der Waals surface area contributed by atoms with Crippen molar-refractivity contribution in [1.29, 1.82) is 0 Å². The largest absolute Gasteiger partial charge is 0.329 e. The molecule has 0 spiro atoms. The predicted molar refractivity (Wildman–Crippen MR) is 76.1 cm³/mol. The van der Waals surface area contributed by atoms with Crippen LogP contribution in [0.5, 0.6) is 0 Å². The summed E-state index contributed by atoms with van der Waals surface area (Å²) >= 11 is 0. The lowest BCUT2D eigenvalue weighted by molar-refractivity contribution is 1.04. The normalized spacial score (nSPS) is 10.4. The van der Waals surface area contributed by atoms with Gasteiger partial charge < -0.3 is 10.6 Å². The van der Waals surface area contributed by atoms with Gasteiger partial charge in [-0.25, -0.2) is 4.98 Å². The van der Waals surface area contributed by atoms with Crippen LogP contribution in [0.3, 0.4) is 0 Å². The molecule has 2 aromatic rings. The standard InChI is InChI=1S/C15H19N3/c1-11-6-12(2)8-14(7-11)18(3)15-9-13(10-16)4-5-17-15/h4-9H,10,16H2,1-3H3. The van der Waals surface area contributed by atoms with Crippen LogP contribution in [-0.4, -0.2) is 12.0 Å². The summed E-state index contributed by atoms with van der Waals surface area (Å²) < 4.78 is 0. The van der Waals surface area contributed by atoms with Crippen LogP contribution < -0.4 is 10.6 Å². The zero-order chi connectivity index (χ0) is 13.1. The van der Waals surface area contributed by atoms with Crippen molar-refractivity contribution < 1.29 is 0 Å². The number of rotatable bonds is 3. The number of aromatic nitrogens is 1. The van der Waals surface area contributed by atoms with Gasteiger partial charge in [0.25, 0.3) is 0 Å². The summed E-state index contributed by atoms with van der Waals surface area (Å²) in [6.07, 6.45) is 1.80. The molecular weight excluding hydrogens is 222 g/mol. The molecule has 0 saturated carbocycles. The minimum atomic E-state index is 0.538. The molecule has 94 valence electrons. The molecule has 1 aromatic heterocycles. The molecule has 0 aliphatic heterocycles. The summed E-state index contributed by atoms with van der Waals surface area (Å²) in [5, 5.41) is 0. The van der Waals surface area contributed by atoms with Crippen LogP contribution in [0.4, 0.5) is 11.5 Å². The van der Waals surface area contributed by atoms with Gasteiger partial charge in [0.1, 0.15) is 5.82 Å². The van der Waals surface area contributed by atoms with Crippen LogP contribution in [-0.2, 0) is 6.54 Å². The maximum absolute atomic E-state index is 5.66. The average molecular weight is 241 g/mol. The maximum Gasteiger partial charge on any atom is 0.132 e. The second kappa shape index (κ2) is 5.19. The second-order valence-electron chi connectivity index (χ2n) is 4.63. The number of benzene rings is 1. The fourth-order valence-corrected chi connectivity index (χ4v) is 2.05. The van der Waals surface area contributed by atoms with Crippen molar-refractivity contribution >= 4 is 11.5 Å². The van der Waals surface area contributed by atoms with E-state index in [-0.39, 0.29) is 0 Å². The van der Waals surface area contributed by atoms with Crippen molar-refractivity contribution in [1.82, 2.24) is 4.98 Å². The number of nitrogens with zero attached hydrogens (tertiary/aromatic N) is 2. The van der Waals surface area contributed by atoms with E-state index < -0.39 is 0 Å². The van der Waals surface area contributed by atoms with E-state index in [0.29, 0.717) is 6.54 Å². The molecule has 3 nitrogen and oxygen atoms in total. The molecule has 0 amide bonds. The molecule has 1 aromatic carbocycles. The Balaban J connectivity index is 2.37. The molecule has 0 fully saturated rings. The summed E-state index contributed by atoms with van der Waals surface area (Å²) in [7, 11) is 2.02. The van der Waals surface area contributed by atoms with Gasteiger partial charge in [-0.3, -0.25) is 0 Å². The van der Waals surface area contributed by atoms with E-state index >= 15 is 0 Å². The number of aryl methyl sites for hydroxylation is 2. The highest BCUT2D eigenvalue weighted by Gasteiger charge is 2.06. The molecule has 0 aliphatic carbocycles. The quantitative estimate of drug-likeness (QED) is 0.898. The summed E-state index contributed by atoms with van der Waals surface area (Å²) in [5.41, 5.74) is 10.4. The monoisotopic (exact) mass is 241 g/mol. The first-order valence-corrected chi connectivity index (χ1v) is 6.07. The Bertz CT molecular complexity index is 529. The first-order chi connectivity index (χ1) is 8.60. The average Bonchev–Trinajstić information content (AvgIpc) is 2.37. The molecule has 0 atom stereocenters. The van der Waals surface area contributed by atoms with Gasteiger partial charge in [0.2, 0.25) is 0 Å². The van der Waals surface area contributed by atoms with Crippen LogP contribution in [0, 0.1) is 13.8 Å². The van der Waals surface area contributed by atoms with Crippen molar-refractivity contribution in [3.8, 4) is 0 Å². The van der Waals surface area contributed by atoms with Gasteiger partial charge in [0, 0.05) is 25.5 Å². The third kappa shape index (κ3) is 2.68. The van der Waals surface area contributed by atoms with E-state index in [9.17, 15) is 0 Å². The van der Waals surface area contributed by atoms with Crippen LogP contribution in [0.2, 0.25) is 0 Å². The molecular formula is C15H19N3. The molecule has 3 heteroatoms. The molecule has 0 aliphatic rings. The third-order valence-corrected chi connectivity index (χ3v) is 2.98. The Kier molecular flexibility index (Phi) is 3.63. The number of pyridine rings is 1. The van der Waals surface area contributed by atoms with Gasteiger partial charge >= 0.3 is 0 Å². The van der Waals surface area contributed by atoms with Gasteiger partial charge in [-0.15, -0.1) is 0 Å². The number of anilines is 2. The molecule has 0 saturated heterocycles. The van der Waals surface area contributed by atoms with Crippen LogP contribution in [0.15, 0.2) is 36.5 Å². The fraction of sp³-hybridized carbons (Fsp3) is 0.267. The van der Waals surface area contributed by atoms with E-state index in [2.05, 4.69) is 41.9 Å². The van der Waals surface area contributed by atoms with E-state index in [1.165, 1.54) is 11.1 Å². The number of hydrogen-bond acceptors (Lipinski definition) is 3. The Hall–Kier alpha value is -1.87. The highest BCUT2D eigenvalue weighted by molar-refractivity contribution is 5.61. The van der Waals surface area contributed by atoms with E-state index in [4.69, 9.17) is 5.73 Å². The van der Waals surface area contributed by atoms with Crippen molar-refractivity contribution in [3.05, 3.63) is 53.2 Å². The number of hydrogen-bond donors (Lipinski definition) is 1. The minimum absolute atomic E-state index is 0.538. The Morgan fingerprint density at radius 1 is 1.11 bits per heavy atom. The van der Waals surface area contributed by atoms with Gasteiger partial charge in [-0.1, -0.05) is 6.07 Å². The molecule has 18 heavy (non-hydrogen) atoms. The second-order valence-corrected chi connectivity index (χ2v) is 4.63. The number of nitrogens with two attached hydrogens (primary N) is 1. The SMILES string of the molecule is Cc1cc(C)cc(N(C)c2cc(CN)ccn2)c1. The van der Waals surface area contributed by atoms with Crippen molar-refractivity contribution in [3.63, 3.8) is 0 Å². The molecule has 1 heterocycles. The third-order valence-electron chi connectivity index (χ3n) is 2.98. The fourth-order valence-electron chi connectivity index (χ4n) is 2.05. The zero-order valence-electron chi connectivity index (χ0n) is 11.1. The summed E-state index contributed by atoms with van der Waals surface area (Å²) in [6, 6.07) is 10.4. The molecule has 0 bridgehead atoms. The minimum Gasteiger partial charge on any atom is -0.329 e.